The molecule has 0 saturated heterocycles. The van der Waals surface area contributed by atoms with Crippen LogP contribution < -0.4 is 0 Å². The van der Waals surface area contributed by atoms with Crippen LogP contribution in [0.4, 0.5) is 0 Å². The maximum atomic E-state index is 12.1. The lowest BCUT2D eigenvalue weighted by Gasteiger charge is -2.27. The number of carbonyl (C=O) groups excluding carboxylic acids is 1. The van der Waals surface area contributed by atoms with Crippen LogP contribution in [0.3, 0.4) is 0 Å². The molecule has 1 amide bonds. The van der Waals surface area contributed by atoms with Gasteiger partial charge in [0, 0.05) is 24.2 Å². The number of nitrogens with zero attached hydrogens (tertiary/aromatic N) is 1. The van der Waals surface area contributed by atoms with E-state index >= 15 is 0 Å². The minimum absolute atomic E-state index is 0.119. The summed E-state index contributed by atoms with van der Waals surface area (Å²) < 4.78 is 0. The number of aryl methyl sites for hydroxylation is 1. The molecule has 1 aromatic rings. The van der Waals surface area contributed by atoms with Crippen molar-refractivity contribution in [3.05, 3.63) is 40.4 Å². The van der Waals surface area contributed by atoms with E-state index in [0.717, 1.165) is 11.1 Å². The van der Waals surface area contributed by atoms with E-state index in [1.54, 1.807) is 24.8 Å². The fourth-order valence-corrected chi connectivity index (χ4v) is 1.99. The van der Waals surface area contributed by atoms with E-state index in [9.17, 15) is 9.90 Å². The van der Waals surface area contributed by atoms with E-state index in [-0.39, 0.29) is 5.91 Å². The largest absolute Gasteiger partial charge is 0.389 e. The number of halogens is 1. The Hall–Kier alpha value is -1.32. The van der Waals surface area contributed by atoms with Crippen LogP contribution in [0.2, 0.25) is 5.02 Å². The molecule has 0 fully saturated rings. The molecule has 1 N–H and O–H groups in total. The van der Waals surface area contributed by atoms with Crippen molar-refractivity contribution < 1.29 is 9.90 Å². The fourth-order valence-electron chi connectivity index (χ4n) is 1.80. The van der Waals surface area contributed by atoms with Crippen molar-refractivity contribution in [3.8, 4) is 0 Å². The van der Waals surface area contributed by atoms with Crippen molar-refractivity contribution in [1.29, 1.82) is 0 Å². The van der Waals surface area contributed by atoms with Crippen molar-refractivity contribution in [1.82, 2.24) is 4.90 Å². The van der Waals surface area contributed by atoms with Gasteiger partial charge in [0.25, 0.3) is 0 Å². The van der Waals surface area contributed by atoms with E-state index in [2.05, 4.69) is 0 Å². The van der Waals surface area contributed by atoms with Crippen molar-refractivity contribution in [2.75, 3.05) is 13.1 Å². The quantitative estimate of drug-likeness (QED) is 0.847. The zero-order valence-corrected chi connectivity index (χ0v) is 13.2. The SMILES string of the molecule is CCN(CC(C)(C)O)C(=O)C=Cc1ccc(C)c(Cl)c1. The van der Waals surface area contributed by atoms with Crippen LogP contribution in [0.5, 0.6) is 0 Å². The van der Waals surface area contributed by atoms with Crippen molar-refractivity contribution in [2.45, 2.75) is 33.3 Å². The Morgan fingerprint density at radius 3 is 2.60 bits per heavy atom. The molecule has 0 radical (unpaired) electrons. The molecule has 1 aromatic carbocycles. The molecule has 0 aromatic heterocycles. The summed E-state index contributed by atoms with van der Waals surface area (Å²) in [6.45, 7) is 8.06. The number of benzene rings is 1. The van der Waals surface area contributed by atoms with Gasteiger partial charge in [-0.25, -0.2) is 0 Å². The summed E-state index contributed by atoms with van der Waals surface area (Å²) in [6, 6.07) is 5.66. The number of carbonyl (C=O) groups is 1. The van der Waals surface area contributed by atoms with Gasteiger partial charge in [0.15, 0.2) is 0 Å². The summed E-state index contributed by atoms with van der Waals surface area (Å²) in [5.41, 5.74) is 0.993. The highest BCUT2D eigenvalue weighted by Crippen LogP contribution is 2.17. The molecule has 4 heteroatoms. The second kappa shape index (κ2) is 6.91. The van der Waals surface area contributed by atoms with E-state index in [0.29, 0.717) is 18.1 Å². The first kappa shape index (κ1) is 16.7. The Labute approximate surface area is 125 Å². The molecule has 110 valence electrons. The summed E-state index contributed by atoms with van der Waals surface area (Å²) >= 11 is 6.04. The van der Waals surface area contributed by atoms with Crippen molar-refractivity contribution >= 4 is 23.6 Å². The lowest BCUT2D eigenvalue weighted by Crippen LogP contribution is -2.41. The average molecular weight is 296 g/mol. The third-order valence-corrected chi connectivity index (χ3v) is 3.29. The van der Waals surface area contributed by atoms with Gasteiger partial charge < -0.3 is 10.0 Å². The van der Waals surface area contributed by atoms with Gasteiger partial charge in [0.05, 0.1) is 5.60 Å². The molecule has 0 aliphatic carbocycles. The highest BCUT2D eigenvalue weighted by atomic mass is 35.5. The molecule has 0 atom stereocenters. The van der Waals surface area contributed by atoms with E-state index in [1.807, 2.05) is 32.0 Å². The van der Waals surface area contributed by atoms with E-state index in [1.165, 1.54) is 6.08 Å². The molecule has 0 saturated carbocycles. The van der Waals surface area contributed by atoms with Gasteiger partial charge in [0.1, 0.15) is 0 Å². The van der Waals surface area contributed by atoms with Gasteiger partial charge in [-0.15, -0.1) is 0 Å². The zero-order valence-electron chi connectivity index (χ0n) is 12.5. The van der Waals surface area contributed by atoms with Crippen LogP contribution >= 0.6 is 11.6 Å². The standard InChI is InChI=1S/C16H22ClNO2/c1-5-18(11-16(3,4)20)15(19)9-8-13-7-6-12(2)14(17)10-13/h6-10,20H,5,11H2,1-4H3. The average Bonchev–Trinajstić information content (AvgIpc) is 2.36. The Kier molecular flexibility index (Phi) is 5.78. The first-order valence-corrected chi connectivity index (χ1v) is 7.06. The van der Waals surface area contributed by atoms with Crippen LogP contribution in [-0.2, 0) is 4.79 Å². The Morgan fingerprint density at radius 2 is 2.10 bits per heavy atom. The molecule has 3 nitrogen and oxygen atoms in total. The molecule has 0 bridgehead atoms. The van der Waals surface area contributed by atoms with Crippen LogP contribution in [0.15, 0.2) is 24.3 Å². The van der Waals surface area contributed by atoms with Crippen LogP contribution in [-0.4, -0.2) is 34.6 Å². The topological polar surface area (TPSA) is 40.5 Å². The second-order valence-electron chi connectivity index (χ2n) is 5.51. The Bertz CT molecular complexity index is 504. The minimum atomic E-state index is -0.896. The molecule has 0 aliphatic heterocycles. The Morgan fingerprint density at radius 1 is 1.45 bits per heavy atom. The lowest BCUT2D eigenvalue weighted by atomic mass is 10.1. The molecule has 1 rings (SSSR count). The maximum Gasteiger partial charge on any atom is 0.246 e. The van der Waals surface area contributed by atoms with Gasteiger partial charge in [-0.05, 0) is 51.0 Å². The van der Waals surface area contributed by atoms with Gasteiger partial charge >= 0.3 is 0 Å². The molecule has 0 heterocycles. The molecular formula is C16H22ClNO2. The zero-order chi connectivity index (χ0) is 15.3. The molecule has 20 heavy (non-hydrogen) atoms. The molecule has 0 spiro atoms. The van der Waals surface area contributed by atoms with Gasteiger partial charge in [-0.1, -0.05) is 23.7 Å². The first-order chi connectivity index (χ1) is 9.23. The molecular weight excluding hydrogens is 274 g/mol. The highest BCUT2D eigenvalue weighted by molar-refractivity contribution is 6.31. The van der Waals surface area contributed by atoms with Gasteiger partial charge in [0.2, 0.25) is 5.91 Å². The number of hydrogen-bond donors (Lipinski definition) is 1. The fraction of sp³-hybridized carbons (Fsp3) is 0.438. The summed E-state index contributed by atoms with van der Waals surface area (Å²) in [5, 5.41) is 10.5. The van der Waals surface area contributed by atoms with Crippen molar-refractivity contribution in [2.24, 2.45) is 0 Å². The predicted molar refractivity (Wildman–Crippen MR) is 83.8 cm³/mol. The number of likely N-dealkylation sites (N-methyl/N-ethyl adjacent to an activating group) is 1. The highest BCUT2D eigenvalue weighted by Gasteiger charge is 2.19. The third-order valence-electron chi connectivity index (χ3n) is 2.89. The smallest absolute Gasteiger partial charge is 0.246 e. The minimum Gasteiger partial charge on any atom is -0.389 e. The second-order valence-corrected chi connectivity index (χ2v) is 5.91. The number of hydrogen-bond acceptors (Lipinski definition) is 2. The monoisotopic (exact) mass is 295 g/mol. The predicted octanol–water partition coefficient (Wildman–Crippen LogP) is 3.28. The van der Waals surface area contributed by atoms with Gasteiger partial charge in [-0.3, -0.25) is 4.79 Å². The van der Waals surface area contributed by atoms with Crippen LogP contribution in [0.25, 0.3) is 6.08 Å². The summed E-state index contributed by atoms with van der Waals surface area (Å²) in [7, 11) is 0. The number of aliphatic hydroxyl groups is 1. The number of rotatable bonds is 5. The molecule has 0 aliphatic rings. The molecule has 0 unspecified atom stereocenters. The summed E-state index contributed by atoms with van der Waals surface area (Å²) in [4.78, 5) is 13.7. The summed E-state index contributed by atoms with van der Waals surface area (Å²) in [6.07, 6.45) is 3.25. The third kappa shape index (κ3) is 5.35. The Balaban J connectivity index is 2.77. The van der Waals surface area contributed by atoms with E-state index < -0.39 is 5.60 Å². The maximum absolute atomic E-state index is 12.1. The van der Waals surface area contributed by atoms with Gasteiger partial charge in [-0.2, -0.15) is 0 Å². The van der Waals surface area contributed by atoms with Crippen molar-refractivity contribution in [3.63, 3.8) is 0 Å². The van der Waals surface area contributed by atoms with Crippen LogP contribution in [0.1, 0.15) is 31.9 Å². The first-order valence-electron chi connectivity index (χ1n) is 6.68. The normalized spacial score (nSPS) is 11.9. The van der Waals surface area contributed by atoms with E-state index in [4.69, 9.17) is 11.6 Å². The lowest BCUT2D eigenvalue weighted by molar-refractivity contribution is -0.128. The summed E-state index contributed by atoms with van der Waals surface area (Å²) in [5.74, 6) is -0.119. The number of amides is 1. The van der Waals surface area contributed by atoms with Crippen LogP contribution in [0, 0.1) is 6.92 Å².